The predicted octanol–water partition coefficient (Wildman–Crippen LogP) is 3.69. The van der Waals surface area contributed by atoms with Crippen LogP contribution in [-0.2, 0) is 6.42 Å². The van der Waals surface area contributed by atoms with Crippen LogP contribution in [0.1, 0.15) is 18.4 Å². The number of halogens is 1. The number of likely N-dealkylation sites (tertiary alicyclic amines) is 1. The molecule has 0 aliphatic carbocycles. The lowest BCUT2D eigenvalue weighted by Gasteiger charge is -2.32. The van der Waals surface area contributed by atoms with Crippen molar-refractivity contribution in [3.05, 3.63) is 59.9 Å². The molecule has 1 N–H and O–H groups in total. The van der Waals surface area contributed by atoms with Crippen molar-refractivity contribution < 1.29 is 13.9 Å². The summed E-state index contributed by atoms with van der Waals surface area (Å²) in [6.45, 7) is 4.98. The van der Waals surface area contributed by atoms with Crippen LogP contribution in [0.3, 0.4) is 0 Å². The third-order valence-electron chi connectivity index (χ3n) is 5.84. The van der Waals surface area contributed by atoms with E-state index in [1.807, 2.05) is 23.1 Å². The summed E-state index contributed by atoms with van der Waals surface area (Å²) in [5, 5.41) is 3.07. The topological polar surface area (TPSA) is 44.8 Å². The van der Waals surface area contributed by atoms with Crippen molar-refractivity contribution in [3.8, 4) is 5.75 Å². The van der Waals surface area contributed by atoms with Gasteiger partial charge in [0, 0.05) is 25.3 Å². The van der Waals surface area contributed by atoms with Crippen LogP contribution < -0.4 is 15.0 Å². The third-order valence-corrected chi connectivity index (χ3v) is 5.84. The van der Waals surface area contributed by atoms with E-state index in [9.17, 15) is 9.18 Å². The van der Waals surface area contributed by atoms with E-state index < -0.39 is 0 Å². The zero-order chi connectivity index (χ0) is 20.1. The first-order chi connectivity index (χ1) is 14.2. The van der Waals surface area contributed by atoms with Crippen molar-refractivity contribution in [1.82, 2.24) is 10.2 Å². The van der Waals surface area contributed by atoms with E-state index in [2.05, 4.69) is 16.3 Å². The second-order valence-corrected chi connectivity index (χ2v) is 7.81. The van der Waals surface area contributed by atoms with E-state index in [1.54, 1.807) is 12.1 Å². The quantitative estimate of drug-likeness (QED) is 0.809. The Kier molecular flexibility index (Phi) is 6.30. The van der Waals surface area contributed by atoms with Crippen molar-refractivity contribution in [2.75, 3.05) is 44.2 Å². The van der Waals surface area contributed by atoms with Gasteiger partial charge >= 0.3 is 6.03 Å². The van der Waals surface area contributed by atoms with Gasteiger partial charge in [-0.15, -0.1) is 0 Å². The highest BCUT2D eigenvalue weighted by Gasteiger charge is 2.24. The van der Waals surface area contributed by atoms with Crippen molar-refractivity contribution >= 4 is 11.7 Å². The van der Waals surface area contributed by atoms with E-state index in [1.165, 1.54) is 17.7 Å². The van der Waals surface area contributed by atoms with Crippen LogP contribution in [0.5, 0.6) is 5.75 Å². The molecule has 0 spiro atoms. The van der Waals surface area contributed by atoms with Gasteiger partial charge in [-0.25, -0.2) is 9.18 Å². The van der Waals surface area contributed by atoms with Gasteiger partial charge in [0.05, 0.1) is 6.61 Å². The maximum absolute atomic E-state index is 12.9. The summed E-state index contributed by atoms with van der Waals surface area (Å²) in [7, 11) is 0. The highest BCUT2D eigenvalue weighted by Crippen LogP contribution is 2.27. The number of urea groups is 1. The molecule has 0 saturated carbocycles. The molecular formula is C23H28FN3O2. The number of nitrogens with one attached hydrogen (secondary N) is 1. The summed E-state index contributed by atoms with van der Waals surface area (Å²) in [4.78, 5) is 16.7. The normalized spacial score (nSPS) is 17.2. The Morgan fingerprint density at radius 3 is 2.62 bits per heavy atom. The number of nitrogens with zero attached hydrogens (tertiary/aromatic N) is 2. The van der Waals surface area contributed by atoms with Gasteiger partial charge in [0.15, 0.2) is 0 Å². The van der Waals surface area contributed by atoms with Gasteiger partial charge in [-0.1, -0.05) is 18.2 Å². The molecule has 2 aliphatic rings. The molecule has 1 fully saturated rings. The second kappa shape index (κ2) is 9.27. The number of rotatable bonds is 6. The Morgan fingerprint density at radius 2 is 1.83 bits per heavy atom. The Balaban J connectivity index is 1.13. The number of anilines is 1. The molecule has 1 saturated heterocycles. The van der Waals surface area contributed by atoms with Crippen LogP contribution >= 0.6 is 0 Å². The van der Waals surface area contributed by atoms with Gasteiger partial charge < -0.3 is 15.0 Å². The summed E-state index contributed by atoms with van der Waals surface area (Å²) in [6, 6.07) is 14.3. The van der Waals surface area contributed by atoms with E-state index >= 15 is 0 Å². The first kappa shape index (κ1) is 19.7. The molecule has 2 heterocycles. The smallest absolute Gasteiger partial charge is 0.321 e. The zero-order valence-corrected chi connectivity index (χ0v) is 16.6. The van der Waals surface area contributed by atoms with E-state index in [-0.39, 0.29) is 11.8 Å². The molecule has 0 unspecified atom stereocenters. The van der Waals surface area contributed by atoms with Crippen LogP contribution in [0, 0.1) is 11.7 Å². The highest BCUT2D eigenvalue weighted by atomic mass is 19.1. The fourth-order valence-electron chi connectivity index (χ4n) is 4.09. The first-order valence-electron chi connectivity index (χ1n) is 10.4. The molecular weight excluding hydrogens is 369 g/mol. The number of para-hydroxylation sites is 1. The largest absolute Gasteiger partial charge is 0.493 e. The fourth-order valence-corrected chi connectivity index (χ4v) is 4.09. The molecule has 0 aromatic heterocycles. The Bertz CT molecular complexity index is 819. The van der Waals surface area contributed by atoms with Crippen molar-refractivity contribution in [3.63, 3.8) is 0 Å². The minimum Gasteiger partial charge on any atom is -0.493 e. The van der Waals surface area contributed by atoms with Crippen LogP contribution in [0.25, 0.3) is 0 Å². The third kappa shape index (κ3) is 5.07. The van der Waals surface area contributed by atoms with Gasteiger partial charge in [0.25, 0.3) is 0 Å². The Labute approximate surface area is 171 Å². The van der Waals surface area contributed by atoms with Gasteiger partial charge in [-0.2, -0.15) is 0 Å². The lowest BCUT2D eigenvalue weighted by molar-refractivity contribution is 0.142. The molecule has 6 heteroatoms. The maximum Gasteiger partial charge on any atom is 0.321 e. The SMILES string of the molecule is O=C(NCCN1CCC(COc2ccc(F)cc2)CC1)N1CCc2ccccc21. The summed E-state index contributed by atoms with van der Waals surface area (Å²) < 4.78 is 18.7. The molecule has 29 heavy (non-hydrogen) atoms. The number of benzene rings is 2. The van der Waals surface area contributed by atoms with Gasteiger partial charge in [0.2, 0.25) is 0 Å². The monoisotopic (exact) mass is 397 g/mol. The molecule has 0 atom stereocenters. The standard InChI is InChI=1S/C23H28FN3O2/c24-20-5-7-21(8-6-20)29-17-18-9-13-26(14-10-18)16-12-25-23(28)27-15-11-19-3-1-2-4-22(19)27/h1-8,18H,9-17H2,(H,25,28). The Morgan fingerprint density at radius 1 is 1.07 bits per heavy atom. The molecule has 2 aliphatic heterocycles. The average Bonchev–Trinajstić information content (AvgIpc) is 3.18. The lowest BCUT2D eigenvalue weighted by Crippen LogP contribution is -2.44. The van der Waals surface area contributed by atoms with Crippen molar-refractivity contribution in [2.45, 2.75) is 19.3 Å². The summed E-state index contributed by atoms with van der Waals surface area (Å²) in [5.41, 5.74) is 2.28. The molecule has 0 bridgehead atoms. The van der Waals surface area contributed by atoms with Gasteiger partial charge in [-0.05, 0) is 74.2 Å². The van der Waals surface area contributed by atoms with Gasteiger partial charge in [-0.3, -0.25) is 4.90 Å². The molecule has 0 radical (unpaired) electrons. The second-order valence-electron chi connectivity index (χ2n) is 7.81. The molecule has 2 amide bonds. The van der Waals surface area contributed by atoms with E-state index in [0.29, 0.717) is 19.1 Å². The molecule has 4 rings (SSSR count). The van der Waals surface area contributed by atoms with E-state index in [4.69, 9.17) is 4.74 Å². The summed E-state index contributed by atoms with van der Waals surface area (Å²) >= 11 is 0. The van der Waals surface area contributed by atoms with Gasteiger partial charge in [0.1, 0.15) is 11.6 Å². The number of ether oxygens (including phenoxy) is 1. The number of amides is 2. The number of piperidine rings is 1. The summed E-state index contributed by atoms with van der Waals surface area (Å²) in [5.74, 6) is 0.999. The van der Waals surface area contributed by atoms with Crippen LogP contribution in [0.2, 0.25) is 0 Å². The lowest BCUT2D eigenvalue weighted by atomic mass is 9.98. The molecule has 2 aromatic rings. The van der Waals surface area contributed by atoms with E-state index in [0.717, 1.165) is 56.9 Å². The average molecular weight is 397 g/mol. The number of carbonyl (C=O) groups is 1. The molecule has 154 valence electrons. The van der Waals surface area contributed by atoms with Crippen LogP contribution in [0.4, 0.5) is 14.9 Å². The molecule has 2 aromatic carbocycles. The minimum atomic E-state index is -0.244. The minimum absolute atomic E-state index is 0.00228. The Hall–Kier alpha value is -2.60. The fraction of sp³-hybridized carbons (Fsp3) is 0.435. The highest BCUT2D eigenvalue weighted by molar-refractivity contribution is 5.94. The zero-order valence-electron chi connectivity index (χ0n) is 16.6. The van der Waals surface area contributed by atoms with Crippen molar-refractivity contribution in [2.24, 2.45) is 5.92 Å². The number of hydrogen-bond acceptors (Lipinski definition) is 3. The predicted molar refractivity (Wildman–Crippen MR) is 112 cm³/mol. The van der Waals surface area contributed by atoms with Crippen LogP contribution in [-0.4, -0.2) is 50.3 Å². The van der Waals surface area contributed by atoms with Crippen LogP contribution in [0.15, 0.2) is 48.5 Å². The molecule has 5 nitrogen and oxygen atoms in total. The number of fused-ring (bicyclic) bond motifs is 1. The number of hydrogen-bond donors (Lipinski definition) is 1. The number of carbonyl (C=O) groups excluding carboxylic acids is 1. The first-order valence-corrected chi connectivity index (χ1v) is 10.4. The van der Waals surface area contributed by atoms with Crippen molar-refractivity contribution in [1.29, 1.82) is 0 Å². The summed E-state index contributed by atoms with van der Waals surface area (Å²) in [6.07, 6.45) is 3.08. The maximum atomic E-state index is 12.9.